The molecular formula is C26H21BrN4O2. The van der Waals surface area contributed by atoms with Gasteiger partial charge >= 0.3 is 0 Å². The van der Waals surface area contributed by atoms with E-state index >= 15 is 0 Å². The number of aromatic nitrogens is 3. The fourth-order valence-electron chi connectivity index (χ4n) is 4.42. The number of halogens is 1. The molecule has 164 valence electrons. The Bertz CT molecular complexity index is 1370. The molecule has 3 aromatic carbocycles. The molecule has 0 radical (unpaired) electrons. The summed E-state index contributed by atoms with van der Waals surface area (Å²) < 4.78 is 0.497. The lowest BCUT2D eigenvalue weighted by atomic mass is 9.71. The predicted molar refractivity (Wildman–Crippen MR) is 131 cm³/mol. The molecule has 2 unspecified atom stereocenters. The van der Waals surface area contributed by atoms with E-state index in [2.05, 4.69) is 59.3 Å². The summed E-state index contributed by atoms with van der Waals surface area (Å²) in [5.74, 6) is -0.275. The zero-order chi connectivity index (χ0) is 23.0. The van der Waals surface area contributed by atoms with Crippen LogP contribution in [0.1, 0.15) is 16.7 Å². The van der Waals surface area contributed by atoms with Crippen molar-refractivity contribution >= 4 is 32.7 Å². The van der Waals surface area contributed by atoms with Crippen LogP contribution in [0.25, 0.3) is 11.0 Å². The Hall–Kier alpha value is -3.71. The van der Waals surface area contributed by atoms with Crippen molar-refractivity contribution in [3.8, 4) is 0 Å². The standard InChI is InChI=1S/C26H21BrN4O2/c1-18-11-13-20(14-12-18)26(19-7-3-2-4-8-19,21-15-16-25(30(32)33)22(27)17-21)31-28-23-9-5-6-10-24(23)29-31/h2-17,21H,1H3,(H,32,33). The third-order valence-electron chi connectivity index (χ3n) is 6.03. The number of nitrogens with zero attached hydrogens (tertiary/aromatic N) is 4. The number of fused-ring (bicyclic) bond motifs is 1. The maximum atomic E-state index is 11.6. The molecule has 0 bridgehead atoms. The molecule has 7 heteroatoms. The van der Waals surface area contributed by atoms with Crippen molar-refractivity contribution in [1.82, 2.24) is 15.0 Å². The molecule has 0 saturated carbocycles. The van der Waals surface area contributed by atoms with Crippen LogP contribution in [-0.4, -0.2) is 30.8 Å². The molecule has 2 atom stereocenters. The lowest BCUT2D eigenvalue weighted by molar-refractivity contribution is -0.725. The minimum absolute atomic E-state index is 0.135. The normalized spacial score (nSPS) is 19.2. The Labute approximate surface area is 199 Å². The van der Waals surface area contributed by atoms with Gasteiger partial charge in [0.15, 0.2) is 0 Å². The summed E-state index contributed by atoms with van der Waals surface area (Å²) >= 11 is 3.47. The fourth-order valence-corrected chi connectivity index (χ4v) is 4.99. The van der Waals surface area contributed by atoms with Crippen molar-refractivity contribution in [3.05, 3.63) is 123 Å². The molecule has 1 aromatic heterocycles. The molecular weight excluding hydrogens is 480 g/mol. The Morgan fingerprint density at radius 2 is 1.48 bits per heavy atom. The van der Waals surface area contributed by atoms with Crippen molar-refractivity contribution in [2.75, 3.05) is 0 Å². The number of hydrogen-bond acceptors (Lipinski definition) is 4. The molecule has 0 amide bonds. The summed E-state index contributed by atoms with van der Waals surface area (Å²) in [6.07, 6.45) is 5.44. The first-order valence-electron chi connectivity index (χ1n) is 10.5. The average molecular weight is 501 g/mol. The zero-order valence-corrected chi connectivity index (χ0v) is 19.4. The number of benzene rings is 3. The van der Waals surface area contributed by atoms with E-state index in [0.717, 1.165) is 27.7 Å². The number of allylic oxidation sites excluding steroid dienone is 4. The van der Waals surface area contributed by atoms with Gasteiger partial charge in [-0.3, -0.25) is 5.21 Å². The first-order chi connectivity index (χ1) is 16.0. The van der Waals surface area contributed by atoms with E-state index in [1.165, 1.54) is 0 Å². The minimum atomic E-state index is -0.849. The molecule has 1 aliphatic rings. The second-order valence-electron chi connectivity index (χ2n) is 8.03. The van der Waals surface area contributed by atoms with Gasteiger partial charge in [0, 0.05) is 16.9 Å². The first kappa shape index (κ1) is 21.2. The van der Waals surface area contributed by atoms with E-state index in [0.29, 0.717) is 4.48 Å². The van der Waals surface area contributed by atoms with E-state index in [-0.39, 0.29) is 16.5 Å². The molecule has 4 aromatic rings. The highest BCUT2D eigenvalue weighted by Gasteiger charge is 2.46. The molecule has 0 fully saturated rings. The molecule has 1 aliphatic carbocycles. The van der Waals surface area contributed by atoms with Crippen LogP contribution < -0.4 is 0 Å². The Kier molecular flexibility index (Phi) is 5.34. The molecule has 0 spiro atoms. The van der Waals surface area contributed by atoms with Gasteiger partial charge in [0.05, 0.1) is 4.48 Å². The van der Waals surface area contributed by atoms with Gasteiger partial charge in [-0.1, -0.05) is 84.4 Å². The first-order valence-corrected chi connectivity index (χ1v) is 11.3. The van der Waals surface area contributed by atoms with Gasteiger partial charge in [0.1, 0.15) is 16.6 Å². The largest absolute Gasteiger partial charge is 0.417 e. The third kappa shape index (κ3) is 3.54. The smallest absolute Gasteiger partial charge is 0.281 e. The quantitative estimate of drug-likeness (QED) is 0.233. The highest BCUT2D eigenvalue weighted by Crippen LogP contribution is 2.44. The zero-order valence-electron chi connectivity index (χ0n) is 17.8. The van der Waals surface area contributed by atoms with E-state index in [9.17, 15) is 10.4 Å². The van der Waals surface area contributed by atoms with Crippen molar-refractivity contribution in [1.29, 1.82) is 0 Å². The van der Waals surface area contributed by atoms with Crippen LogP contribution in [0.3, 0.4) is 0 Å². The van der Waals surface area contributed by atoms with Crippen molar-refractivity contribution in [2.45, 2.75) is 12.5 Å². The van der Waals surface area contributed by atoms with Gasteiger partial charge in [-0.05, 0) is 46.1 Å². The number of aryl methyl sites for hydroxylation is 1. The minimum Gasteiger partial charge on any atom is -0.417 e. The Balaban J connectivity index is 1.86. The fraction of sp³-hybridized carbons (Fsp3) is 0.115. The highest BCUT2D eigenvalue weighted by atomic mass is 79.9. The van der Waals surface area contributed by atoms with Crippen molar-refractivity contribution in [3.63, 3.8) is 0 Å². The predicted octanol–water partition coefficient (Wildman–Crippen LogP) is 5.34. The van der Waals surface area contributed by atoms with Gasteiger partial charge < -0.3 is 5.21 Å². The topological polar surface area (TPSA) is 77.0 Å². The summed E-state index contributed by atoms with van der Waals surface area (Å²) in [6, 6.07) is 26.2. The third-order valence-corrected chi connectivity index (χ3v) is 6.70. The summed E-state index contributed by atoms with van der Waals surface area (Å²) in [7, 11) is 0. The summed E-state index contributed by atoms with van der Waals surface area (Å²) in [5.41, 5.74) is 4.01. The molecule has 0 aliphatic heterocycles. The molecule has 1 N–H and O–H groups in total. The maximum absolute atomic E-state index is 11.6. The van der Waals surface area contributed by atoms with Gasteiger partial charge in [-0.2, -0.15) is 15.0 Å². The van der Waals surface area contributed by atoms with Gasteiger partial charge in [-0.15, -0.1) is 0 Å². The molecule has 6 nitrogen and oxygen atoms in total. The van der Waals surface area contributed by atoms with E-state index < -0.39 is 5.54 Å². The summed E-state index contributed by atoms with van der Waals surface area (Å²) in [4.78, 5) is 1.65. The van der Waals surface area contributed by atoms with Crippen LogP contribution in [0.5, 0.6) is 0 Å². The number of hydrogen-bond donors (Lipinski definition) is 1. The number of rotatable bonds is 4. The highest BCUT2D eigenvalue weighted by molar-refractivity contribution is 9.12. The average Bonchev–Trinajstić information content (AvgIpc) is 3.26. The second kappa shape index (κ2) is 8.33. The van der Waals surface area contributed by atoms with Crippen LogP contribution in [0.4, 0.5) is 0 Å². The summed E-state index contributed by atoms with van der Waals surface area (Å²) in [6.45, 7) is 2.05. The van der Waals surface area contributed by atoms with E-state index in [4.69, 9.17) is 10.2 Å². The van der Waals surface area contributed by atoms with Crippen LogP contribution >= 0.6 is 15.9 Å². The van der Waals surface area contributed by atoms with E-state index in [1.807, 2.05) is 54.6 Å². The van der Waals surface area contributed by atoms with E-state index in [1.54, 1.807) is 10.9 Å². The molecule has 5 rings (SSSR count). The second-order valence-corrected chi connectivity index (χ2v) is 8.89. The lowest BCUT2D eigenvalue weighted by Gasteiger charge is -2.39. The van der Waals surface area contributed by atoms with Gasteiger partial charge in [-0.25, -0.2) is 0 Å². The van der Waals surface area contributed by atoms with Crippen LogP contribution in [0.15, 0.2) is 102 Å². The van der Waals surface area contributed by atoms with Crippen molar-refractivity contribution < 1.29 is 10.1 Å². The lowest BCUT2D eigenvalue weighted by Crippen LogP contribution is -2.44. The Morgan fingerprint density at radius 1 is 0.909 bits per heavy atom. The maximum Gasteiger partial charge on any atom is 0.281 e. The van der Waals surface area contributed by atoms with Crippen LogP contribution in [0, 0.1) is 18.0 Å². The van der Waals surface area contributed by atoms with Gasteiger partial charge in [0.2, 0.25) is 0 Å². The van der Waals surface area contributed by atoms with Crippen LogP contribution in [-0.2, 0) is 5.54 Å². The van der Waals surface area contributed by atoms with Crippen LogP contribution in [0.2, 0.25) is 0 Å². The molecule has 0 saturated heterocycles. The Morgan fingerprint density at radius 3 is 2.06 bits per heavy atom. The summed E-state index contributed by atoms with van der Waals surface area (Å²) in [5, 5.41) is 30.9. The van der Waals surface area contributed by atoms with Gasteiger partial charge in [0.25, 0.3) is 5.71 Å². The SMILES string of the molecule is Cc1ccc(C(c2ccccc2)(C2C=C/C(=[N+](/[O-])O)C(Br)=C2)n2nc3ccccc3n2)cc1. The molecule has 33 heavy (non-hydrogen) atoms. The van der Waals surface area contributed by atoms with Crippen molar-refractivity contribution in [2.24, 2.45) is 5.92 Å². The monoisotopic (exact) mass is 500 g/mol. The molecule has 1 heterocycles.